The third-order valence-electron chi connectivity index (χ3n) is 5.92. The third-order valence-corrected chi connectivity index (χ3v) is 7.93. The summed E-state index contributed by atoms with van der Waals surface area (Å²) < 4.78 is 0. The van der Waals surface area contributed by atoms with Gasteiger partial charge in [-0.05, 0) is 25.5 Å². The predicted octanol–water partition coefficient (Wildman–Crippen LogP) is 3.52. The number of fused-ring (bicyclic) bond motifs is 1. The van der Waals surface area contributed by atoms with Crippen molar-refractivity contribution in [2.24, 2.45) is 5.92 Å². The van der Waals surface area contributed by atoms with E-state index < -0.39 is 0 Å². The Bertz CT molecular complexity index is 1260. The van der Waals surface area contributed by atoms with Crippen LogP contribution in [0, 0.1) is 24.3 Å². The van der Waals surface area contributed by atoms with Crippen LogP contribution in [0.1, 0.15) is 33.0 Å². The van der Waals surface area contributed by atoms with E-state index in [0.717, 1.165) is 26.8 Å². The Hall–Kier alpha value is -3.29. The van der Waals surface area contributed by atoms with E-state index >= 15 is 0 Å². The number of rotatable bonds is 4. The minimum atomic E-state index is -0.197. The number of nitrogens with zero attached hydrogens (tertiary/aromatic N) is 5. The molecule has 0 bridgehead atoms. The fourth-order valence-corrected chi connectivity index (χ4v) is 5.97. The lowest BCUT2D eigenvalue weighted by Gasteiger charge is -2.26. The van der Waals surface area contributed by atoms with E-state index in [1.807, 2.05) is 41.5 Å². The second-order valence-corrected chi connectivity index (χ2v) is 10.2. The summed E-state index contributed by atoms with van der Waals surface area (Å²) in [5.74, 6) is -0.309. The lowest BCUT2D eigenvalue weighted by atomic mass is 10.1. The summed E-state index contributed by atoms with van der Waals surface area (Å²) in [4.78, 5) is 39.3. The predicted molar refractivity (Wildman–Crippen MR) is 127 cm³/mol. The molecular formula is C23H22N6O2S2. The lowest BCUT2D eigenvalue weighted by Crippen LogP contribution is -2.35. The van der Waals surface area contributed by atoms with E-state index in [9.17, 15) is 9.59 Å². The quantitative estimate of drug-likeness (QED) is 0.576. The summed E-state index contributed by atoms with van der Waals surface area (Å²) in [7, 11) is 0. The molecule has 4 heterocycles. The molecule has 8 nitrogen and oxygen atoms in total. The number of amides is 2. The van der Waals surface area contributed by atoms with Crippen LogP contribution in [0.4, 0.5) is 5.13 Å². The van der Waals surface area contributed by atoms with Crippen LogP contribution in [0.5, 0.6) is 0 Å². The van der Waals surface area contributed by atoms with Gasteiger partial charge >= 0.3 is 0 Å². The van der Waals surface area contributed by atoms with E-state index in [2.05, 4.69) is 21.5 Å². The van der Waals surface area contributed by atoms with Crippen LogP contribution >= 0.6 is 22.7 Å². The Morgan fingerprint density at radius 1 is 1.27 bits per heavy atom. The first-order valence-corrected chi connectivity index (χ1v) is 12.5. The molecule has 1 fully saturated rings. The number of benzene rings is 1. The summed E-state index contributed by atoms with van der Waals surface area (Å²) in [5.41, 5.74) is 3.50. The number of hydrogen-bond acceptors (Lipinski definition) is 8. The molecule has 5 rings (SSSR count). The molecule has 33 heavy (non-hydrogen) atoms. The summed E-state index contributed by atoms with van der Waals surface area (Å²) >= 11 is 3.00. The smallest absolute Gasteiger partial charge is 0.254 e. The molecule has 168 valence electrons. The second kappa shape index (κ2) is 8.92. The molecule has 2 aliphatic rings. The van der Waals surface area contributed by atoms with Gasteiger partial charge in [0.2, 0.25) is 5.91 Å². The van der Waals surface area contributed by atoms with Gasteiger partial charge in [-0.3, -0.25) is 9.59 Å². The zero-order chi connectivity index (χ0) is 22.9. The number of aryl methyl sites for hydroxylation is 1. The first-order chi connectivity index (χ1) is 16.0. The van der Waals surface area contributed by atoms with Crippen LogP contribution in [0.15, 0.2) is 29.6 Å². The highest BCUT2D eigenvalue weighted by atomic mass is 32.1. The van der Waals surface area contributed by atoms with Crippen LogP contribution in [-0.4, -0.2) is 51.2 Å². The van der Waals surface area contributed by atoms with Gasteiger partial charge in [-0.15, -0.1) is 11.3 Å². The van der Waals surface area contributed by atoms with Gasteiger partial charge in [-0.25, -0.2) is 9.97 Å². The minimum Gasteiger partial charge on any atom is -0.333 e. The maximum Gasteiger partial charge on any atom is 0.254 e. The van der Waals surface area contributed by atoms with Crippen molar-refractivity contribution in [3.63, 3.8) is 0 Å². The Labute approximate surface area is 199 Å². The van der Waals surface area contributed by atoms with Gasteiger partial charge in [0, 0.05) is 53.1 Å². The number of aromatic nitrogens is 2. The first kappa shape index (κ1) is 21.6. The summed E-state index contributed by atoms with van der Waals surface area (Å²) in [6, 6.07) is 7.61. The van der Waals surface area contributed by atoms with E-state index in [0.29, 0.717) is 49.7 Å². The largest absolute Gasteiger partial charge is 0.333 e. The molecule has 0 radical (unpaired) electrons. The van der Waals surface area contributed by atoms with Gasteiger partial charge in [0.1, 0.15) is 5.01 Å². The van der Waals surface area contributed by atoms with Crippen LogP contribution in [-0.2, 0) is 17.8 Å². The summed E-state index contributed by atoms with van der Waals surface area (Å²) in [6.45, 7) is 4.09. The highest BCUT2D eigenvalue weighted by Crippen LogP contribution is 2.31. The standard InChI is InChI=1S/C23H22N6O2S2/c1-14-12-32-21(25-14)15-3-2-4-16(9-15)22(31)29-8-6-18-19(11-29)33-23(26-18)27-20(30)17-5-7-28(10-17)13-24/h2-4,9,12,17H,5-8,10-11H2,1H3,(H,26,27,30)/t17-/m1/s1. The molecule has 0 aliphatic carbocycles. The number of thiazole rings is 2. The average Bonchev–Trinajstić information content (AvgIpc) is 3.57. The van der Waals surface area contributed by atoms with Gasteiger partial charge in [0.25, 0.3) is 5.91 Å². The van der Waals surface area contributed by atoms with Crippen molar-refractivity contribution in [1.82, 2.24) is 19.8 Å². The topological polar surface area (TPSA) is 102 Å². The fraction of sp³-hybridized carbons (Fsp3) is 0.348. The van der Waals surface area contributed by atoms with E-state index in [-0.39, 0.29) is 17.7 Å². The monoisotopic (exact) mass is 478 g/mol. The van der Waals surface area contributed by atoms with Crippen molar-refractivity contribution in [3.8, 4) is 16.8 Å². The van der Waals surface area contributed by atoms with Gasteiger partial charge in [-0.1, -0.05) is 23.5 Å². The molecule has 0 spiro atoms. The molecule has 1 N–H and O–H groups in total. The van der Waals surface area contributed by atoms with E-state index in [4.69, 9.17) is 5.26 Å². The molecule has 2 aliphatic heterocycles. The molecule has 3 aromatic rings. The number of carbonyl (C=O) groups excluding carboxylic acids is 2. The van der Waals surface area contributed by atoms with Crippen LogP contribution < -0.4 is 5.32 Å². The number of likely N-dealkylation sites (tertiary alicyclic amines) is 1. The molecule has 1 atom stereocenters. The highest BCUT2D eigenvalue weighted by Gasteiger charge is 2.30. The maximum absolute atomic E-state index is 13.2. The molecule has 1 aromatic carbocycles. The molecular weight excluding hydrogens is 456 g/mol. The molecule has 2 aromatic heterocycles. The Morgan fingerprint density at radius 3 is 2.91 bits per heavy atom. The molecule has 0 saturated carbocycles. The highest BCUT2D eigenvalue weighted by molar-refractivity contribution is 7.15. The molecule has 0 unspecified atom stereocenters. The number of hydrogen-bond donors (Lipinski definition) is 1. The molecule has 1 saturated heterocycles. The van der Waals surface area contributed by atoms with Gasteiger partial charge < -0.3 is 15.1 Å². The first-order valence-electron chi connectivity index (χ1n) is 10.8. The van der Waals surface area contributed by atoms with E-state index in [1.54, 1.807) is 16.2 Å². The number of carbonyl (C=O) groups is 2. The van der Waals surface area contributed by atoms with Crippen molar-refractivity contribution in [2.75, 3.05) is 25.0 Å². The van der Waals surface area contributed by atoms with Crippen molar-refractivity contribution in [3.05, 3.63) is 51.5 Å². The summed E-state index contributed by atoms with van der Waals surface area (Å²) in [5, 5.41) is 15.4. The van der Waals surface area contributed by atoms with Gasteiger partial charge in [0.15, 0.2) is 11.3 Å². The number of nitrogens with one attached hydrogen (secondary N) is 1. The van der Waals surface area contributed by atoms with Crippen LogP contribution in [0.3, 0.4) is 0 Å². The van der Waals surface area contributed by atoms with E-state index in [1.165, 1.54) is 11.3 Å². The third kappa shape index (κ3) is 4.47. The van der Waals surface area contributed by atoms with Crippen molar-refractivity contribution in [1.29, 1.82) is 5.26 Å². The van der Waals surface area contributed by atoms with Gasteiger partial charge in [0.05, 0.1) is 18.2 Å². The Balaban J connectivity index is 1.26. The van der Waals surface area contributed by atoms with Gasteiger partial charge in [-0.2, -0.15) is 5.26 Å². The Morgan fingerprint density at radius 2 is 2.15 bits per heavy atom. The average molecular weight is 479 g/mol. The summed E-state index contributed by atoms with van der Waals surface area (Å²) in [6.07, 6.45) is 3.43. The molecule has 10 heteroatoms. The second-order valence-electron chi connectivity index (χ2n) is 8.26. The fourth-order valence-electron chi connectivity index (χ4n) is 4.15. The minimum absolute atomic E-state index is 0.0164. The van der Waals surface area contributed by atoms with Crippen LogP contribution in [0.2, 0.25) is 0 Å². The van der Waals surface area contributed by atoms with Crippen LogP contribution in [0.25, 0.3) is 10.6 Å². The number of anilines is 1. The molecule has 2 amide bonds. The zero-order valence-electron chi connectivity index (χ0n) is 18.1. The normalized spacial score (nSPS) is 17.5. The maximum atomic E-state index is 13.2. The number of nitriles is 1. The lowest BCUT2D eigenvalue weighted by molar-refractivity contribution is -0.119. The zero-order valence-corrected chi connectivity index (χ0v) is 19.7. The van der Waals surface area contributed by atoms with Crippen molar-refractivity contribution < 1.29 is 9.59 Å². The van der Waals surface area contributed by atoms with Crippen molar-refractivity contribution in [2.45, 2.75) is 26.3 Å². The SMILES string of the molecule is Cc1csc(-c2cccc(C(=O)N3CCc4nc(NC(=O)[C@@H]5CCN(C#N)C5)sc4C3)c2)n1. The Kier molecular flexibility index (Phi) is 5.83. The van der Waals surface area contributed by atoms with Crippen molar-refractivity contribution >= 4 is 39.6 Å².